The second-order valence-corrected chi connectivity index (χ2v) is 7.02. The van der Waals surface area contributed by atoms with Crippen molar-refractivity contribution in [1.82, 2.24) is 19.9 Å². The molecule has 0 aliphatic carbocycles. The number of fused-ring (bicyclic) bond motifs is 2. The van der Waals surface area contributed by atoms with Crippen LogP contribution in [0, 0.1) is 0 Å². The van der Waals surface area contributed by atoms with Crippen molar-refractivity contribution in [3.05, 3.63) is 66.6 Å². The summed E-state index contributed by atoms with van der Waals surface area (Å²) in [5, 5.41) is 5.76. The fourth-order valence-corrected chi connectivity index (χ4v) is 3.62. The van der Waals surface area contributed by atoms with Crippen LogP contribution in [0.25, 0.3) is 27.8 Å². The molecule has 0 saturated carbocycles. The smallest absolute Gasteiger partial charge is 0.137 e. The van der Waals surface area contributed by atoms with Gasteiger partial charge in [0.1, 0.15) is 17.2 Å². The van der Waals surface area contributed by atoms with Gasteiger partial charge in [-0.25, -0.2) is 4.98 Å². The Hall–Kier alpha value is -3.21. The van der Waals surface area contributed by atoms with Crippen LogP contribution in [0.15, 0.2) is 55.5 Å². The first-order valence-electron chi connectivity index (χ1n) is 9.73. The van der Waals surface area contributed by atoms with Gasteiger partial charge in [-0.15, -0.1) is 0 Å². The summed E-state index contributed by atoms with van der Waals surface area (Å²) in [6, 6.07) is 10.7. The molecular weight excluding hydrogens is 348 g/mol. The van der Waals surface area contributed by atoms with Crippen LogP contribution in [0.2, 0.25) is 0 Å². The monoisotopic (exact) mass is 374 g/mol. The van der Waals surface area contributed by atoms with Gasteiger partial charge >= 0.3 is 0 Å². The number of benzene rings is 1. The van der Waals surface area contributed by atoms with Crippen LogP contribution >= 0.6 is 0 Å². The van der Waals surface area contributed by atoms with Crippen molar-refractivity contribution in [3.8, 4) is 5.75 Å². The van der Waals surface area contributed by atoms with Gasteiger partial charge in [-0.1, -0.05) is 32.1 Å². The Balaban J connectivity index is 1.66. The minimum atomic E-state index is 0.771. The van der Waals surface area contributed by atoms with Crippen molar-refractivity contribution in [2.24, 2.45) is 0 Å². The highest BCUT2D eigenvalue weighted by Gasteiger charge is 2.11. The zero-order valence-corrected chi connectivity index (χ0v) is 16.5. The molecule has 0 aliphatic heterocycles. The van der Waals surface area contributed by atoms with E-state index in [-0.39, 0.29) is 0 Å². The Morgan fingerprint density at radius 2 is 2.14 bits per heavy atom. The zero-order valence-electron chi connectivity index (χ0n) is 16.5. The number of nitrogens with one attached hydrogen (secondary N) is 2. The second-order valence-electron chi connectivity index (χ2n) is 7.02. The number of pyridine rings is 1. The van der Waals surface area contributed by atoms with Crippen LogP contribution in [0.5, 0.6) is 5.75 Å². The molecule has 5 heteroatoms. The molecule has 3 heterocycles. The maximum atomic E-state index is 5.34. The highest BCUT2D eigenvalue weighted by Crippen LogP contribution is 2.28. The van der Waals surface area contributed by atoms with Gasteiger partial charge in [-0.2, -0.15) is 0 Å². The fourth-order valence-electron chi connectivity index (χ4n) is 3.62. The van der Waals surface area contributed by atoms with Crippen molar-refractivity contribution in [2.45, 2.75) is 26.2 Å². The summed E-state index contributed by atoms with van der Waals surface area (Å²) in [7, 11) is 1.67. The van der Waals surface area contributed by atoms with Gasteiger partial charge in [0, 0.05) is 36.1 Å². The van der Waals surface area contributed by atoms with Crippen LogP contribution < -0.4 is 10.1 Å². The number of nitrogens with zero attached hydrogens (tertiary/aromatic N) is 2. The van der Waals surface area contributed by atoms with E-state index in [1.807, 2.05) is 12.3 Å². The fraction of sp³-hybridized carbons (Fsp3) is 0.261. The minimum absolute atomic E-state index is 0.771. The molecule has 0 bridgehead atoms. The number of methoxy groups -OCH3 is 1. The largest absolute Gasteiger partial charge is 0.495 e. The van der Waals surface area contributed by atoms with Crippen molar-refractivity contribution in [2.75, 3.05) is 13.7 Å². The number of aromatic amines is 1. The van der Waals surface area contributed by atoms with Crippen LogP contribution in [0.4, 0.5) is 0 Å². The molecule has 0 fully saturated rings. The Bertz CT molecular complexity index is 1120. The van der Waals surface area contributed by atoms with Crippen molar-refractivity contribution in [1.29, 1.82) is 0 Å². The quantitative estimate of drug-likeness (QED) is 0.430. The SMILES string of the molecule is C=C(NCCCC)n1ccc2c(Cc3c[nH]c4ncc(OC)cc34)cccc21. The zero-order chi connectivity index (χ0) is 19.5. The number of rotatable bonds is 8. The van der Waals surface area contributed by atoms with Crippen molar-refractivity contribution < 1.29 is 4.74 Å². The number of aromatic nitrogens is 3. The molecule has 0 spiro atoms. The van der Waals surface area contributed by atoms with E-state index in [4.69, 9.17) is 4.74 Å². The summed E-state index contributed by atoms with van der Waals surface area (Å²) in [6.07, 6.45) is 9.00. The lowest BCUT2D eigenvalue weighted by molar-refractivity contribution is 0.413. The molecule has 5 nitrogen and oxygen atoms in total. The van der Waals surface area contributed by atoms with Gasteiger partial charge in [0.05, 0.1) is 18.8 Å². The average molecular weight is 374 g/mol. The second kappa shape index (κ2) is 7.80. The molecule has 4 aromatic rings. The van der Waals surface area contributed by atoms with Gasteiger partial charge in [-0.05, 0) is 35.7 Å². The molecule has 0 aliphatic rings. The molecule has 3 aromatic heterocycles. The molecular formula is C23H26N4O. The topological polar surface area (TPSA) is 54.9 Å². The normalized spacial score (nSPS) is 11.2. The lowest BCUT2D eigenvalue weighted by Crippen LogP contribution is -2.16. The standard InChI is InChI=1S/C23H26N4O/c1-4-5-10-24-16(2)27-11-9-20-17(7-6-8-22(20)27)12-18-14-25-23-21(18)13-19(28-3)15-26-23/h6-9,11,13-15,24H,2,4-5,10,12H2,1,3H3,(H,25,26). The van der Waals surface area contributed by atoms with Gasteiger partial charge < -0.3 is 19.6 Å². The summed E-state index contributed by atoms with van der Waals surface area (Å²) in [4.78, 5) is 7.70. The molecule has 0 atom stereocenters. The number of hydrogen-bond acceptors (Lipinski definition) is 3. The van der Waals surface area contributed by atoms with E-state index in [0.717, 1.165) is 42.0 Å². The molecule has 144 valence electrons. The predicted octanol–water partition coefficient (Wildman–Crippen LogP) is 4.93. The summed E-state index contributed by atoms with van der Waals surface area (Å²) >= 11 is 0. The summed E-state index contributed by atoms with van der Waals surface area (Å²) in [5.41, 5.74) is 4.54. The van der Waals surface area contributed by atoms with Gasteiger partial charge in [0.2, 0.25) is 0 Å². The van der Waals surface area contributed by atoms with Gasteiger partial charge in [0.25, 0.3) is 0 Å². The molecule has 0 unspecified atom stereocenters. The summed E-state index contributed by atoms with van der Waals surface area (Å²) in [5.74, 6) is 1.69. The van der Waals surface area contributed by atoms with E-state index >= 15 is 0 Å². The lowest BCUT2D eigenvalue weighted by Gasteiger charge is -2.12. The Morgan fingerprint density at radius 3 is 2.96 bits per heavy atom. The molecule has 2 N–H and O–H groups in total. The van der Waals surface area contributed by atoms with Crippen LogP contribution in [0.1, 0.15) is 30.9 Å². The Kier molecular flexibility index (Phi) is 5.06. The maximum absolute atomic E-state index is 5.34. The van der Waals surface area contributed by atoms with E-state index in [1.165, 1.54) is 28.5 Å². The Morgan fingerprint density at radius 1 is 1.25 bits per heavy atom. The van der Waals surface area contributed by atoms with Crippen LogP contribution in [-0.2, 0) is 6.42 Å². The van der Waals surface area contributed by atoms with E-state index in [9.17, 15) is 0 Å². The van der Waals surface area contributed by atoms with E-state index in [1.54, 1.807) is 13.3 Å². The molecule has 0 saturated heterocycles. The van der Waals surface area contributed by atoms with Crippen LogP contribution in [0.3, 0.4) is 0 Å². The number of H-pyrrole nitrogens is 1. The molecule has 0 radical (unpaired) electrons. The highest BCUT2D eigenvalue weighted by molar-refractivity contribution is 5.88. The third-order valence-corrected chi connectivity index (χ3v) is 5.18. The van der Waals surface area contributed by atoms with Gasteiger partial charge in [-0.3, -0.25) is 0 Å². The number of ether oxygens (including phenoxy) is 1. The third-order valence-electron chi connectivity index (χ3n) is 5.18. The van der Waals surface area contributed by atoms with E-state index in [0.29, 0.717) is 0 Å². The predicted molar refractivity (Wildman–Crippen MR) is 116 cm³/mol. The van der Waals surface area contributed by atoms with Crippen LogP contribution in [-0.4, -0.2) is 28.2 Å². The minimum Gasteiger partial charge on any atom is -0.495 e. The third kappa shape index (κ3) is 3.36. The first-order valence-corrected chi connectivity index (χ1v) is 9.73. The highest BCUT2D eigenvalue weighted by atomic mass is 16.5. The van der Waals surface area contributed by atoms with E-state index in [2.05, 4.69) is 63.8 Å². The van der Waals surface area contributed by atoms with Crippen molar-refractivity contribution in [3.63, 3.8) is 0 Å². The summed E-state index contributed by atoms with van der Waals surface area (Å²) in [6.45, 7) is 7.34. The van der Waals surface area contributed by atoms with E-state index < -0.39 is 0 Å². The first-order chi connectivity index (χ1) is 13.7. The number of unbranched alkanes of at least 4 members (excludes halogenated alkanes) is 1. The van der Waals surface area contributed by atoms with Gasteiger partial charge in [0.15, 0.2) is 0 Å². The maximum Gasteiger partial charge on any atom is 0.137 e. The first kappa shape index (κ1) is 18.2. The van der Waals surface area contributed by atoms with Crippen molar-refractivity contribution >= 4 is 27.8 Å². The molecule has 4 rings (SSSR count). The lowest BCUT2D eigenvalue weighted by atomic mass is 10.0. The molecule has 28 heavy (non-hydrogen) atoms. The molecule has 1 aromatic carbocycles. The number of hydrogen-bond donors (Lipinski definition) is 2. The summed E-state index contributed by atoms with van der Waals surface area (Å²) < 4.78 is 7.47. The average Bonchev–Trinajstić information content (AvgIpc) is 3.32. The molecule has 0 amide bonds. The Labute approximate surface area is 165 Å².